The molecule has 2 bridgehead atoms. The molecule has 1 amide bonds. The number of carbonyl (C=O) groups excluding carboxylic acids is 2. The predicted octanol–water partition coefficient (Wildman–Crippen LogP) is 4.87. The fourth-order valence-electron chi connectivity index (χ4n) is 5.28. The number of nitrogens with zero attached hydrogens (tertiary/aromatic N) is 1. The van der Waals surface area contributed by atoms with Crippen molar-refractivity contribution in [1.29, 1.82) is 0 Å². The van der Waals surface area contributed by atoms with Gasteiger partial charge in [0.25, 0.3) is 0 Å². The largest absolute Gasteiger partial charge is 0.374 e. The van der Waals surface area contributed by atoms with Crippen molar-refractivity contribution < 1.29 is 14.3 Å². The molecule has 8 heteroatoms. The molecule has 5 nitrogen and oxygen atoms in total. The third-order valence-electron chi connectivity index (χ3n) is 6.99. The number of anilines is 1. The zero-order chi connectivity index (χ0) is 23.3. The zero-order valence-electron chi connectivity index (χ0n) is 18.3. The number of halogens is 1. The fourth-order valence-corrected chi connectivity index (χ4v) is 7.25. The van der Waals surface area contributed by atoms with E-state index in [0.29, 0.717) is 17.2 Å². The maximum Gasteiger partial charge on any atom is 0.242 e. The highest BCUT2D eigenvalue weighted by atomic mass is 35.5. The van der Waals surface area contributed by atoms with Crippen LogP contribution in [0.2, 0.25) is 5.02 Å². The van der Waals surface area contributed by atoms with Crippen molar-refractivity contribution in [3.05, 3.63) is 81.5 Å². The predicted molar refractivity (Wildman–Crippen MR) is 136 cm³/mol. The van der Waals surface area contributed by atoms with Crippen LogP contribution in [0.4, 0.5) is 5.69 Å². The molecule has 4 heterocycles. The molecule has 3 aromatic rings. The van der Waals surface area contributed by atoms with Crippen LogP contribution >= 0.6 is 34.7 Å². The van der Waals surface area contributed by atoms with E-state index >= 15 is 0 Å². The molecule has 3 aliphatic heterocycles. The zero-order valence-corrected chi connectivity index (χ0v) is 20.7. The van der Waals surface area contributed by atoms with E-state index in [1.807, 2.05) is 35.0 Å². The molecule has 6 rings (SSSR count). The third-order valence-corrected chi connectivity index (χ3v) is 9.44. The Morgan fingerprint density at radius 1 is 1.09 bits per heavy atom. The first kappa shape index (κ1) is 22.2. The highest BCUT2D eigenvalue weighted by molar-refractivity contribution is 8.01. The highest BCUT2D eigenvalue weighted by Gasteiger charge is 2.48. The van der Waals surface area contributed by atoms with Gasteiger partial charge in [-0.25, -0.2) is 0 Å². The molecule has 174 valence electrons. The number of carbonyl (C=O) groups is 2. The number of Topliss-reactive ketones (excluding diaryl/α,β-unsaturated/α-hetero) is 1. The van der Waals surface area contributed by atoms with E-state index in [1.54, 1.807) is 17.4 Å². The minimum atomic E-state index is -0.878. The lowest BCUT2D eigenvalue weighted by Gasteiger charge is -2.40. The number of hydrogen-bond donors (Lipinski definition) is 1. The Kier molecular flexibility index (Phi) is 5.68. The minimum Gasteiger partial charge on any atom is -0.374 e. The molecule has 3 aliphatic rings. The van der Waals surface area contributed by atoms with E-state index in [1.165, 1.54) is 11.8 Å². The summed E-state index contributed by atoms with van der Waals surface area (Å²) in [5, 5.41) is 6.94. The van der Waals surface area contributed by atoms with Crippen molar-refractivity contribution in [3.63, 3.8) is 0 Å². The minimum absolute atomic E-state index is 0.0991. The Balaban J connectivity index is 1.30. The van der Waals surface area contributed by atoms with Gasteiger partial charge >= 0.3 is 0 Å². The number of amides is 1. The van der Waals surface area contributed by atoms with E-state index in [4.69, 9.17) is 16.3 Å². The third kappa shape index (κ3) is 3.75. The highest BCUT2D eigenvalue weighted by Crippen LogP contribution is 2.42. The van der Waals surface area contributed by atoms with E-state index in [-0.39, 0.29) is 18.1 Å². The Morgan fingerprint density at radius 2 is 1.91 bits per heavy atom. The number of thiophene rings is 1. The first-order valence-electron chi connectivity index (χ1n) is 11.3. The molecule has 3 fully saturated rings. The van der Waals surface area contributed by atoms with Crippen molar-refractivity contribution in [3.8, 4) is 0 Å². The van der Waals surface area contributed by atoms with Gasteiger partial charge < -0.3 is 15.0 Å². The number of ether oxygens (including phenoxy) is 1. The van der Waals surface area contributed by atoms with Crippen molar-refractivity contribution in [2.45, 2.75) is 40.7 Å². The molecule has 34 heavy (non-hydrogen) atoms. The molecule has 0 radical (unpaired) electrons. The Hall–Kier alpha value is -2.32. The molecular weight excluding hydrogens is 488 g/mol. The maximum absolute atomic E-state index is 13.4. The standard InChI is InChI=1S/C26H23ClN2O3S2/c27-21-3-1-2-4-23(21)34-24-22(30)12-26(28-25(24)31,17-9-10-33-15-17)16-5-7-18(8-6-16)29-13-20-11-19(29)14-32-20/h1-10,15,19-20,24H,11-14H2,(H,28,31)/t19-,20-,24?,26?/m0/s1. The summed E-state index contributed by atoms with van der Waals surface area (Å²) in [5.41, 5.74) is 2.12. The average Bonchev–Trinajstić information content (AvgIpc) is 3.62. The van der Waals surface area contributed by atoms with Crippen LogP contribution < -0.4 is 10.2 Å². The number of rotatable bonds is 5. The quantitative estimate of drug-likeness (QED) is 0.496. The number of piperidine rings is 1. The van der Waals surface area contributed by atoms with Gasteiger partial charge in [0, 0.05) is 23.5 Å². The van der Waals surface area contributed by atoms with Gasteiger partial charge in [-0.3, -0.25) is 9.59 Å². The molecule has 0 saturated carbocycles. The van der Waals surface area contributed by atoms with Gasteiger partial charge in [0.15, 0.2) is 5.78 Å². The Labute approximate surface area is 211 Å². The normalized spacial score (nSPS) is 28.4. The number of hydrogen-bond acceptors (Lipinski definition) is 6. The molecule has 3 saturated heterocycles. The second-order valence-corrected chi connectivity index (χ2v) is 11.4. The van der Waals surface area contributed by atoms with Crippen LogP contribution in [0.15, 0.2) is 70.3 Å². The van der Waals surface area contributed by atoms with Gasteiger partial charge in [-0.15, -0.1) is 11.8 Å². The second-order valence-electron chi connectivity index (χ2n) is 9.02. The van der Waals surface area contributed by atoms with Crippen LogP contribution in [0.25, 0.3) is 0 Å². The van der Waals surface area contributed by atoms with E-state index in [0.717, 1.165) is 41.3 Å². The molecule has 4 atom stereocenters. The SMILES string of the molecule is O=C1CC(c2ccc(N3C[C@@H]4C[C@H]3CO4)cc2)(c2ccsc2)NC(=O)C1Sc1ccccc1Cl. The van der Waals surface area contributed by atoms with E-state index in [9.17, 15) is 9.59 Å². The number of fused-ring (bicyclic) bond motifs is 2. The lowest BCUT2D eigenvalue weighted by atomic mass is 9.77. The van der Waals surface area contributed by atoms with Crippen LogP contribution in [0, 0.1) is 0 Å². The van der Waals surface area contributed by atoms with E-state index < -0.39 is 10.8 Å². The Morgan fingerprint density at radius 3 is 2.56 bits per heavy atom. The summed E-state index contributed by atoms with van der Waals surface area (Å²) in [4.78, 5) is 29.9. The first-order chi connectivity index (χ1) is 16.5. The summed E-state index contributed by atoms with van der Waals surface area (Å²) in [7, 11) is 0. The summed E-state index contributed by atoms with van der Waals surface area (Å²) in [6, 6.07) is 18.0. The van der Waals surface area contributed by atoms with Crippen LogP contribution in [0.1, 0.15) is 24.0 Å². The average molecular weight is 511 g/mol. The number of thioether (sulfide) groups is 1. The van der Waals surface area contributed by atoms with Crippen molar-refractivity contribution >= 4 is 52.1 Å². The molecular formula is C26H23ClN2O3S2. The summed E-state index contributed by atoms with van der Waals surface area (Å²) in [6.45, 7) is 1.69. The summed E-state index contributed by atoms with van der Waals surface area (Å²) in [5.74, 6) is -0.386. The Bertz CT molecular complexity index is 1210. The lowest BCUT2D eigenvalue weighted by molar-refractivity contribution is -0.132. The molecule has 0 aliphatic carbocycles. The van der Waals surface area contributed by atoms with Crippen LogP contribution in [0.3, 0.4) is 0 Å². The summed E-state index contributed by atoms with van der Waals surface area (Å²) in [6.07, 6.45) is 1.60. The number of morpholine rings is 1. The van der Waals surface area contributed by atoms with Crippen LogP contribution in [-0.2, 0) is 19.9 Å². The number of ketones is 1. The number of benzene rings is 2. The van der Waals surface area contributed by atoms with Crippen molar-refractivity contribution in [2.24, 2.45) is 0 Å². The summed E-state index contributed by atoms with van der Waals surface area (Å²) >= 11 is 9.07. The smallest absolute Gasteiger partial charge is 0.242 e. The van der Waals surface area contributed by atoms with Crippen molar-refractivity contribution in [2.75, 3.05) is 18.1 Å². The van der Waals surface area contributed by atoms with Crippen LogP contribution in [0.5, 0.6) is 0 Å². The maximum atomic E-state index is 13.4. The molecule has 0 spiro atoms. The summed E-state index contributed by atoms with van der Waals surface area (Å²) < 4.78 is 5.74. The van der Waals surface area contributed by atoms with Crippen molar-refractivity contribution in [1.82, 2.24) is 5.32 Å². The van der Waals surface area contributed by atoms with Gasteiger partial charge in [0.1, 0.15) is 5.25 Å². The number of nitrogens with one attached hydrogen (secondary N) is 1. The van der Waals surface area contributed by atoms with E-state index in [2.05, 4.69) is 34.5 Å². The fraction of sp³-hybridized carbons (Fsp3) is 0.308. The first-order valence-corrected chi connectivity index (χ1v) is 13.5. The molecule has 1 aromatic heterocycles. The van der Waals surface area contributed by atoms with Gasteiger partial charge in [-0.1, -0.05) is 35.9 Å². The van der Waals surface area contributed by atoms with Gasteiger partial charge in [-0.05, 0) is 58.6 Å². The monoisotopic (exact) mass is 510 g/mol. The van der Waals surface area contributed by atoms with Crippen LogP contribution in [-0.4, -0.2) is 42.2 Å². The molecule has 2 aromatic carbocycles. The topological polar surface area (TPSA) is 58.6 Å². The van der Waals surface area contributed by atoms with Gasteiger partial charge in [-0.2, -0.15) is 11.3 Å². The van der Waals surface area contributed by atoms with Gasteiger partial charge in [0.2, 0.25) is 5.91 Å². The molecule has 2 unspecified atom stereocenters. The molecule has 1 N–H and O–H groups in total. The second kappa shape index (κ2) is 8.72. The lowest BCUT2D eigenvalue weighted by Crippen LogP contribution is -2.57. The van der Waals surface area contributed by atoms with Gasteiger partial charge in [0.05, 0.1) is 29.3 Å².